The number of amides is 1. The van der Waals surface area contributed by atoms with Crippen LogP contribution in [-0.2, 0) is 6.42 Å². The summed E-state index contributed by atoms with van der Waals surface area (Å²) in [5.74, 6) is 0.0678. The maximum atomic E-state index is 13.0. The minimum absolute atomic E-state index is 0.0636. The molecule has 0 unspecified atom stereocenters. The van der Waals surface area contributed by atoms with Crippen molar-refractivity contribution in [1.29, 1.82) is 0 Å². The van der Waals surface area contributed by atoms with E-state index >= 15 is 0 Å². The summed E-state index contributed by atoms with van der Waals surface area (Å²) < 4.78 is 0. The molecule has 1 atom stereocenters. The number of hydrogen-bond acceptors (Lipinski definition) is 3. The highest BCUT2D eigenvalue weighted by Gasteiger charge is 2.31. The first-order chi connectivity index (χ1) is 11.9. The van der Waals surface area contributed by atoms with Crippen molar-refractivity contribution in [3.05, 3.63) is 65.5 Å². The molecule has 4 nitrogen and oxygen atoms in total. The number of rotatable bonds is 5. The number of carbonyl (C=O) groups is 1. The zero-order chi connectivity index (χ0) is 17.9. The Labute approximate surface area is 149 Å². The van der Waals surface area contributed by atoms with Crippen molar-refractivity contribution in [3.8, 4) is 0 Å². The fourth-order valence-corrected chi connectivity index (χ4v) is 3.37. The molecule has 0 aliphatic carbocycles. The second-order valence-electron chi connectivity index (χ2n) is 7.42. The third-order valence-corrected chi connectivity index (χ3v) is 4.74. The van der Waals surface area contributed by atoms with Gasteiger partial charge in [-0.1, -0.05) is 18.2 Å². The van der Waals surface area contributed by atoms with E-state index in [4.69, 9.17) is 0 Å². The molecule has 1 saturated heterocycles. The third-order valence-electron chi connectivity index (χ3n) is 4.74. The van der Waals surface area contributed by atoms with Crippen LogP contribution in [0.25, 0.3) is 0 Å². The van der Waals surface area contributed by atoms with Crippen LogP contribution in [0.4, 0.5) is 0 Å². The van der Waals surface area contributed by atoms with Crippen LogP contribution >= 0.6 is 0 Å². The Morgan fingerprint density at radius 3 is 2.84 bits per heavy atom. The molecule has 1 aromatic carbocycles. The smallest absolute Gasteiger partial charge is 0.254 e. The largest absolute Gasteiger partial charge is 0.390 e. The molecule has 2 aromatic rings. The van der Waals surface area contributed by atoms with E-state index in [9.17, 15) is 9.90 Å². The maximum absolute atomic E-state index is 13.0. The number of likely N-dealkylation sites (tertiary alicyclic amines) is 1. The van der Waals surface area contributed by atoms with E-state index in [1.54, 1.807) is 6.20 Å². The van der Waals surface area contributed by atoms with Crippen molar-refractivity contribution in [3.63, 3.8) is 0 Å². The standard InChI is InChI=1S/C21H26N2O2/c1-21(2,25)12-11-16-7-5-8-17(15-16)20(24)23-14-6-10-19(23)18-9-3-4-13-22-18/h3-5,7-9,13,15,19,25H,6,10-12,14H2,1-2H3/t19-/m0/s1. The van der Waals surface area contributed by atoms with Crippen molar-refractivity contribution in [2.24, 2.45) is 0 Å². The average molecular weight is 338 g/mol. The van der Waals surface area contributed by atoms with Crippen LogP contribution in [-0.4, -0.2) is 33.0 Å². The summed E-state index contributed by atoms with van der Waals surface area (Å²) in [6.45, 7) is 4.39. The molecule has 1 aromatic heterocycles. The highest BCUT2D eigenvalue weighted by molar-refractivity contribution is 5.94. The Hall–Kier alpha value is -2.20. The van der Waals surface area contributed by atoms with Crippen molar-refractivity contribution in [1.82, 2.24) is 9.88 Å². The molecule has 3 rings (SSSR count). The summed E-state index contributed by atoms with van der Waals surface area (Å²) in [6, 6.07) is 13.7. The normalized spacial score (nSPS) is 17.7. The SMILES string of the molecule is CC(C)(O)CCc1cccc(C(=O)N2CCC[C@H]2c2ccccn2)c1. The first-order valence-electron chi connectivity index (χ1n) is 8.97. The van der Waals surface area contributed by atoms with Gasteiger partial charge in [-0.05, 0) is 69.4 Å². The maximum Gasteiger partial charge on any atom is 0.254 e. The van der Waals surface area contributed by atoms with Crippen LogP contribution in [0.2, 0.25) is 0 Å². The summed E-state index contributed by atoms with van der Waals surface area (Å²) in [5.41, 5.74) is 2.07. The summed E-state index contributed by atoms with van der Waals surface area (Å²) in [7, 11) is 0. The fraction of sp³-hybridized carbons (Fsp3) is 0.429. The molecule has 132 valence electrons. The molecule has 1 aliphatic heterocycles. The lowest BCUT2D eigenvalue weighted by molar-refractivity contribution is 0.0714. The van der Waals surface area contributed by atoms with E-state index < -0.39 is 5.60 Å². The second kappa shape index (κ2) is 7.36. The van der Waals surface area contributed by atoms with Crippen LogP contribution in [0.5, 0.6) is 0 Å². The van der Waals surface area contributed by atoms with E-state index in [-0.39, 0.29) is 11.9 Å². The Morgan fingerprint density at radius 1 is 1.28 bits per heavy atom. The second-order valence-corrected chi connectivity index (χ2v) is 7.42. The van der Waals surface area contributed by atoms with Gasteiger partial charge in [-0.15, -0.1) is 0 Å². The number of benzene rings is 1. The predicted octanol–water partition coefficient (Wildman–Crippen LogP) is 3.76. The number of pyridine rings is 1. The van der Waals surface area contributed by atoms with Gasteiger partial charge in [0, 0.05) is 18.3 Å². The van der Waals surface area contributed by atoms with Crippen LogP contribution in [0.1, 0.15) is 60.8 Å². The summed E-state index contributed by atoms with van der Waals surface area (Å²) >= 11 is 0. The van der Waals surface area contributed by atoms with Gasteiger partial charge < -0.3 is 10.0 Å². The first kappa shape index (κ1) is 17.6. The molecule has 0 radical (unpaired) electrons. The highest BCUT2D eigenvalue weighted by atomic mass is 16.3. The molecule has 2 heterocycles. The Morgan fingerprint density at radius 2 is 2.12 bits per heavy atom. The molecule has 1 amide bonds. The molecular formula is C21H26N2O2. The van der Waals surface area contributed by atoms with Gasteiger partial charge in [-0.25, -0.2) is 0 Å². The van der Waals surface area contributed by atoms with Crippen molar-refractivity contribution in [2.75, 3.05) is 6.54 Å². The minimum Gasteiger partial charge on any atom is -0.390 e. The van der Waals surface area contributed by atoms with E-state index in [0.717, 1.165) is 42.6 Å². The van der Waals surface area contributed by atoms with Gasteiger partial charge in [0.15, 0.2) is 0 Å². The zero-order valence-electron chi connectivity index (χ0n) is 15.0. The number of nitrogens with zero attached hydrogens (tertiary/aromatic N) is 2. The predicted molar refractivity (Wildman–Crippen MR) is 98.3 cm³/mol. The molecule has 25 heavy (non-hydrogen) atoms. The molecule has 0 spiro atoms. The number of aliphatic hydroxyl groups is 1. The minimum atomic E-state index is -0.695. The molecule has 0 bridgehead atoms. The first-order valence-corrected chi connectivity index (χ1v) is 8.97. The van der Waals surface area contributed by atoms with Gasteiger partial charge in [0.2, 0.25) is 0 Å². The van der Waals surface area contributed by atoms with Gasteiger partial charge in [0.05, 0.1) is 17.3 Å². The summed E-state index contributed by atoms with van der Waals surface area (Å²) in [6.07, 6.45) is 5.18. The summed E-state index contributed by atoms with van der Waals surface area (Å²) in [5, 5.41) is 9.91. The van der Waals surface area contributed by atoms with Gasteiger partial charge in [-0.3, -0.25) is 9.78 Å². The van der Waals surface area contributed by atoms with Crippen LogP contribution in [0.15, 0.2) is 48.7 Å². The Kier molecular flexibility index (Phi) is 5.19. The van der Waals surface area contributed by atoms with Crippen molar-refractivity contribution >= 4 is 5.91 Å². The monoisotopic (exact) mass is 338 g/mol. The number of hydrogen-bond donors (Lipinski definition) is 1. The average Bonchev–Trinajstić information content (AvgIpc) is 3.09. The van der Waals surface area contributed by atoms with Crippen LogP contribution < -0.4 is 0 Å². The molecular weight excluding hydrogens is 312 g/mol. The molecule has 4 heteroatoms. The number of carbonyl (C=O) groups excluding carboxylic acids is 1. The lowest BCUT2D eigenvalue weighted by Crippen LogP contribution is -2.31. The highest BCUT2D eigenvalue weighted by Crippen LogP contribution is 2.32. The van der Waals surface area contributed by atoms with E-state index in [0.29, 0.717) is 6.42 Å². The van der Waals surface area contributed by atoms with Crippen LogP contribution in [0, 0.1) is 0 Å². The quantitative estimate of drug-likeness (QED) is 0.903. The Bertz CT molecular complexity index is 722. The van der Waals surface area contributed by atoms with E-state index in [2.05, 4.69) is 4.98 Å². The van der Waals surface area contributed by atoms with Gasteiger partial charge >= 0.3 is 0 Å². The van der Waals surface area contributed by atoms with Gasteiger partial charge in [0.25, 0.3) is 5.91 Å². The van der Waals surface area contributed by atoms with Crippen molar-refractivity contribution in [2.45, 2.75) is 51.2 Å². The van der Waals surface area contributed by atoms with Crippen molar-refractivity contribution < 1.29 is 9.90 Å². The van der Waals surface area contributed by atoms with Gasteiger partial charge in [-0.2, -0.15) is 0 Å². The third kappa shape index (κ3) is 4.45. The lowest BCUT2D eigenvalue weighted by atomic mass is 9.97. The fourth-order valence-electron chi connectivity index (χ4n) is 3.37. The lowest BCUT2D eigenvalue weighted by Gasteiger charge is -2.24. The topological polar surface area (TPSA) is 53.4 Å². The summed E-state index contributed by atoms with van der Waals surface area (Å²) in [4.78, 5) is 19.4. The van der Waals surface area contributed by atoms with Gasteiger partial charge in [0.1, 0.15) is 0 Å². The zero-order valence-corrected chi connectivity index (χ0v) is 15.0. The number of aromatic nitrogens is 1. The molecule has 1 N–H and O–H groups in total. The molecule has 1 aliphatic rings. The van der Waals surface area contributed by atoms with E-state index in [1.165, 1.54) is 0 Å². The van der Waals surface area contributed by atoms with Crippen LogP contribution in [0.3, 0.4) is 0 Å². The van der Waals surface area contributed by atoms with E-state index in [1.807, 2.05) is 61.2 Å². The Balaban J connectivity index is 1.76. The number of aryl methyl sites for hydroxylation is 1. The molecule has 1 fully saturated rings. The molecule has 0 saturated carbocycles.